The quantitative estimate of drug-likeness (QED) is 0.773. The molecule has 26 heavy (non-hydrogen) atoms. The molecule has 4 rings (SSSR count). The largest absolute Gasteiger partial charge is 0.378 e. The molecule has 3 aromatic rings. The van der Waals surface area contributed by atoms with E-state index in [1.54, 1.807) is 0 Å². The molecule has 1 N–H and O–H groups in total. The Kier molecular flexibility index (Phi) is 4.80. The Morgan fingerprint density at radius 2 is 1.73 bits per heavy atom. The summed E-state index contributed by atoms with van der Waals surface area (Å²) in [7, 11) is 0. The van der Waals surface area contributed by atoms with Crippen LogP contribution >= 0.6 is 0 Å². The molecule has 1 aliphatic rings. The maximum atomic E-state index is 5.47. The Bertz CT molecular complexity index is 876. The fourth-order valence-corrected chi connectivity index (χ4v) is 3.05. The fraction of sp³-hybridized carbons (Fsp3) is 0.238. The van der Waals surface area contributed by atoms with E-state index in [1.165, 1.54) is 5.56 Å². The highest BCUT2D eigenvalue weighted by molar-refractivity contribution is 5.66. The van der Waals surface area contributed by atoms with Gasteiger partial charge in [-0.2, -0.15) is 4.98 Å². The van der Waals surface area contributed by atoms with Crippen molar-refractivity contribution in [3.8, 4) is 11.3 Å². The molecule has 0 radical (unpaired) electrons. The average molecular weight is 346 g/mol. The van der Waals surface area contributed by atoms with Crippen LogP contribution in [0.15, 0.2) is 60.7 Å². The third-order valence-electron chi connectivity index (χ3n) is 4.39. The third-order valence-corrected chi connectivity index (χ3v) is 4.39. The number of ether oxygens (including phenoxy) is 1. The molecule has 1 aliphatic heterocycles. The lowest BCUT2D eigenvalue weighted by Gasteiger charge is -2.28. The van der Waals surface area contributed by atoms with Gasteiger partial charge in [-0.25, -0.2) is 4.98 Å². The van der Waals surface area contributed by atoms with E-state index in [-0.39, 0.29) is 0 Å². The zero-order valence-corrected chi connectivity index (χ0v) is 14.9. The van der Waals surface area contributed by atoms with Crippen LogP contribution in [0.2, 0.25) is 0 Å². The van der Waals surface area contributed by atoms with Crippen LogP contribution < -0.4 is 10.2 Å². The van der Waals surface area contributed by atoms with E-state index in [0.717, 1.165) is 49.1 Å². The second kappa shape index (κ2) is 7.54. The summed E-state index contributed by atoms with van der Waals surface area (Å²) in [6.07, 6.45) is 0. The molecular formula is C21H22N4O. The number of benzene rings is 2. The normalized spacial score (nSPS) is 14.3. The molecule has 5 nitrogen and oxygen atoms in total. The van der Waals surface area contributed by atoms with Crippen LogP contribution in [0.5, 0.6) is 0 Å². The zero-order valence-electron chi connectivity index (χ0n) is 14.9. The molecule has 2 heterocycles. The maximum Gasteiger partial charge on any atom is 0.229 e. The Balaban J connectivity index is 1.72. The molecule has 0 unspecified atom stereocenters. The van der Waals surface area contributed by atoms with E-state index in [0.29, 0.717) is 5.95 Å². The zero-order chi connectivity index (χ0) is 17.8. The van der Waals surface area contributed by atoms with Crippen molar-refractivity contribution in [2.24, 2.45) is 0 Å². The number of nitrogens with zero attached hydrogens (tertiary/aromatic N) is 3. The lowest BCUT2D eigenvalue weighted by Crippen LogP contribution is -2.36. The van der Waals surface area contributed by atoms with Crippen LogP contribution in [0, 0.1) is 6.92 Å². The third kappa shape index (κ3) is 3.83. The fourth-order valence-electron chi connectivity index (χ4n) is 3.05. The van der Waals surface area contributed by atoms with Crippen molar-refractivity contribution in [3.63, 3.8) is 0 Å². The van der Waals surface area contributed by atoms with E-state index >= 15 is 0 Å². The van der Waals surface area contributed by atoms with Gasteiger partial charge in [0.2, 0.25) is 5.95 Å². The minimum atomic E-state index is 0.610. The van der Waals surface area contributed by atoms with Crippen molar-refractivity contribution >= 4 is 17.5 Å². The van der Waals surface area contributed by atoms with Crippen molar-refractivity contribution < 1.29 is 4.74 Å². The Morgan fingerprint density at radius 3 is 2.50 bits per heavy atom. The minimum Gasteiger partial charge on any atom is -0.378 e. The van der Waals surface area contributed by atoms with Gasteiger partial charge >= 0.3 is 0 Å². The van der Waals surface area contributed by atoms with Crippen LogP contribution in [0.3, 0.4) is 0 Å². The second-order valence-corrected chi connectivity index (χ2v) is 6.39. The van der Waals surface area contributed by atoms with Gasteiger partial charge in [0, 0.05) is 30.4 Å². The number of nitrogens with one attached hydrogen (secondary N) is 1. The lowest BCUT2D eigenvalue weighted by molar-refractivity contribution is 0.122. The molecule has 1 saturated heterocycles. The van der Waals surface area contributed by atoms with Crippen molar-refractivity contribution in [1.82, 2.24) is 9.97 Å². The van der Waals surface area contributed by atoms with Crippen LogP contribution in [0.1, 0.15) is 5.56 Å². The first kappa shape index (κ1) is 16.5. The van der Waals surface area contributed by atoms with Gasteiger partial charge in [-0.05, 0) is 24.6 Å². The molecule has 1 aromatic heterocycles. The number of anilines is 3. The van der Waals surface area contributed by atoms with Gasteiger partial charge < -0.3 is 15.0 Å². The predicted molar refractivity (Wildman–Crippen MR) is 105 cm³/mol. The topological polar surface area (TPSA) is 50.3 Å². The van der Waals surface area contributed by atoms with Crippen molar-refractivity contribution in [2.75, 3.05) is 36.5 Å². The van der Waals surface area contributed by atoms with E-state index in [9.17, 15) is 0 Å². The molecule has 132 valence electrons. The monoisotopic (exact) mass is 346 g/mol. The van der Waals surface area contributed by atoms with Gasteiger partial charge in [0.05, 0.1) is 18.9 Å². The lowest BCUT2D eigenvalue weighted by atomic mass is 10.1. The molecule has 0 spiro atoms. The second-order valence-electron chi connectivity index (χ2n) is 6.39. The van der Waals surface area contributed by atoms with Gasteiger partial charge in [0.15, 0.2) is 0 Å². The minimum absolute atomic E-state index is 0.610. The molecular weight excluding hydrogens is 324 g/mol. The van der Waals surface area contributed by atoms with E-state index in [2.05, 4.69) is 47.5 Å². The Hall–Kier alpha value is -2.92. The summed E-state index contributed by atoms with van der Waals surface area (Å²) in [5.74, 6) is 1.54. The molecule has 0 aliphatic carbocycles. The van der Waals surface area contributed by atoms with Gasteiger partial charge in [-0.15, -0.1) is 0 Å². The van der Waals surface area contributed by atoms with Gasteiger partial charge in [-0.3, -0.25) is 0 Å². The maximum absolute atomic E-state index is 5.47. The van der Waals surface area contributed by atoms with Gasteiger partial charge in [-0.1, -0.05) is 42.5 Å². The number of hydrogen-bond acceptors (Lipinski definition) is 5. The summed E-state index contributed by atoms with van der Waals surface area (Å²) in [6, 6.07) is 20.5. The molecule has 0 amide bonds. The SMILES string of the molecule is Cc1cccc(Nc2nc(-c3ccccc3)cc(N3CCOCC3)n2)c1. The number of morpholine rings is 1. The van der Waals surface area contributed by atoms with Crippen molar-refractivity contribution in [3.05, 3.63) is 66.2 Å². The van der Waals surface area contributed by atoms with Crippen molar-refractivity contribution in [2.45, 2.75) is 6.92 Å². The Morgan fingerprint density at radius 1 is 0.923 bits per heavy atom. The first-order valence-corrected chi connectivity index (χ1v) is 8.89. The highest BCUT2D eigenvalue weighted by Gasteiger charge is 2.15. The molecule has 5 heteroatoms. The first-order chi connectivity index (χ1) is 12.8. The molecule has 0 atom stereocenters. The highest BCUT2D eigenvalue weighted by atomic mass is 16.5. The van der Waals surface area contributed by atoms with Crippen LogP contribution in [0.4, 0.5) is 17.5 Å². The molecule has 0 saturated carbocycles. The molecule has 2 aromatic carbocycles. The summed E-state index contributed by atoms with van der Waals surface area (Å²) in [6.45, 7) is 5.21. The average Bonchev–Trinajstić information content (AvgIpc) is 2.69. The Labute approximate surface area is 153 Å². The smallest absolute Gasteiger partial charge is 0.229 e. The summed E-state index contributed by atoms with van der Waals surface area (Å²) in [5, 5.41) is 3.35. The van der Waals surface area contributed by atoms with Gasteiger partial charge in [0.25, 0.3) is 0 Å². The molecule has 1 fully saturated rings. The van der Waals surface area contributed by atoms with Gasteiger partial charge in [0.1, 0.15) is 5.82 Å². The van der Waals surface area contributed by atoms with Crippen molar-refractivity contribution in [1.29, 1.82) is 0 Å². The van der Waals surface area contributed by atoms with E-state index in [1.807, 2.05) is 30.3 Å². The van der Waals surface area contributed by atoms with E-state index in [4.69, 9.17) is 14.7 Å². The van der Waals surface area contributed by atoms with Crippen LogP contribution in [0.25, 0.3) is 11.3 Å². The molecule has 0 bridgehead atoms. The summed E-state index contributed by atoms with van der Waals surface area (Å²) < 4.78 is 5.47. The summed E-state index contributed by atoms with van der Waals surface area (Å²) in [5.41, 5.74) is 4.18. The number of aryl methyl sites for hydroxylation is 1. The van der Waals surface area contributed by atoms with E-state index < -0.39 is 0 Å². The first-order valence-electron chi connectivity index (χ1n) is 8.89. The highest BCUT2D eigenvalue weighted by Crippen LogP contribution is 2.25. The predicted octanol–water partition coefficient (Wildman–Crippen LogP) is 4.03. The number of rotatable bonds is 4. The van der Waals surface area contributed by atoms with Crippen LogP contribution in [-0.4, -0.2) is 36.3 Å². The van der Waals surface area contributed by atoms with Crippen LogP contribution in [-0.2, 0) is 4.74 Å². The number of hydrogen-bond donors (Lipinski definition) is 1. The standard InChI is InChI=1S/C21H22N4O/c1-16-6-5-9-18(14-16)22-21-23-19(17-7-3-2-4-8-17)15-20(24-21)25-10-12-26-13-11-25/h2-9,14-15H,10-13H2,1H3,(H,22,23,24). The summed E-state index contributed by atoms with van der Waals surface area (Å²) in [4.78, 5) is 11.7. The number of aromatic nitrogens is 2. The summed E-state index contributed by atoms with van der Waals surface area (Å²) >= 11 is 0.